The summed E-state index contributed by atoms with van der Waals surface area (Å²) in [6, 6.07) is 9.45. The van der Waals surface area contributed by atoms with Crippen molar-refractivity contribution in [2.75, 3.05) is 14.2 Å². The third-order valence-corrected chi connectivity index (χ3v) is 4.18. The van der Waals surface area contributed by atoms with Crippen molar-refractivity contribution >= 4 is 16.2 Å². The van der Waals surface area contributed by atoms with Crippen LogP contribution in [0.3, 0.4) is 0 Å². The zero-order valence-electron chi connectivity index (χ0n) is 12.5. The van der Waals surface area contributed by atoms with E-state index in [1.807, 2.05) is 0 Å². The van der Waals surface area contributed by atoms with Crippen LogP contribution in [0.15, 0.2) is 52.5 Å². The van der Waals surface area contributed by atoms with Crippen LogP contribution in [-0.2, 0) is 10.0 Å². The van der Waals surface area contributed by atoms with Crippen LogP contribution < -0.4 is 14.3 Å². The first-order chi connectivity index (χ1) is 11.0. The molecule has 23 heavy (non-hydrogen) atoms. The Morgan fingerprint density at radius 2 is 1.78 bits per heavy atom. The Morgan fingerprint density at radius 3 is 2.39 bits per heavy atom. The Morgan fingerprint density at radius 1 is 1.09 bits per heavy atom. The number of rotatable bonds is 6. The molecule has 0 unspecified atom stereocenters. The average Bonchev–Trinajstić information content (AvgIpc) is 2.55. The number of sulfonamides is 1. The van der Waals surface area contributed by atoms with Gasteiger partial charge in [0, 0.05) is 5.56 Å². The van der Waals surface area contributed by atoms with Crippen LogP contribution >= 0.6 is 0 Å². The summed E-state index contributed by atoms with van der Waals surface area (Å²) in [5, 5.41) is 3.70. The fraction of sp³-hybridized carbons (Fsp3) is 0.133. The van der Waals surface area contributed by atoms with Gasteiger partial charge >= 0.3 is 0 Å². The summed E-state index contributed by atoms with van der Waals surface area (Å²) >= 11 is 0. The molecule has 2 aromatic rings. The van der Waals surface area contributed by atoms with E-state index in [2.05, 4.69) is 9.93 Å². The normalized spacial score (nSPS) is 11.4. The van der Waals surface area contributed by atoms with E-state index in [9.17, 15) is 12.8 Å². The molecule has 0 aliphatic rings. The lowest BCUT2D eigenvalue weighted by atomic mass is 10.2. The van der Waals surface area contributed by atoms with E-state index >= 15 is 0 Å². The Kier molecular flexibility index (Phi) is 5.17. The number of hydrazone groups is 1. The lowest BCUT2D eigenvalue weighted by Gasteiger charge is -2.07. The number of methoxy groups -OCH3 is 2. The van der Waals surface area contributed by atoms with Crippen molar-refractivity contribution in [3.05, 3.63) is 53.8 Å². The summed E-state index contributed by atoms with van der Waals surface area (Å²) < 4.78 is 47.1. The Balaban J connectivity index is 2.19. The fourth-order valence-electron chi connectivity index (χ4n) is 1.77. The van der Waals surface area contributed by atoms with E-state index in [-0.39, 0.29) is 4.90 Å². The minimum Gasteiger partial charge on any atom is -0.497 e. The number of ether oxygens (including phenoxy) is 2. The first-order valence-electron chi connectivity index (χ1n) is 6.49. The Hall–Kier alpha value is -2.61. The number of halogens is 1. The molecule has 0 saturated carbocycles. The maximum Gasteiger partial charge on any atom is 0.276 e. The summed E-state index contributed by atoms with van der Waals surface area (Å²) in [6.45, 7) is 0. The maximum absolute atomic E-state index is 12.8. The van der Waals surface area contributed by atoms with Crippen molar-refractivity contribution in [1.29, 1.82) is 0 Å². The monoisotopic (exact) mass is 338 g/mol. The molecule has 8 heteroatoms. The highest BCUT2D eigenvalue weighted by Gasteiger charge is 2.12. The molecule has 0 spiro atoms. The minimum absolute atomic E-state index is 0.0892. The van der Waals surface area contributed by atoms with Gasteiger partial charge in [0.05, 0.1) is 25.3 Å². The van der Waals surface area contributed by atoms with Gasteiger partial charge < -0.3 is 9.47 Å². The van der Waals surface area contributed by atoms with Crippen molar-refractivity contribution < 1.29 is 22.3 Å². The van der Waals surface area contributed by atoms with E-state index in [1.54, 1.807) is 18.2 Å². The van der Waals surface area contributed by atoms with Gasteiger partial charge in [-0.05, 0) is 42.5 Å². The van der Waals surface area contributed by atoms with Gasteiger partial charge in [0.2, 0.25) is 0 Å². The first kappa shape index (κ1) is 16.8. The number of nitrogens with one attached hydrogen (secondary N) is 1. The van der Waals surface area contributed by atoms with Crippen molar-refractivity contribution in [3.8, 4) is 11.5 Å². The maximum atomic E-state index is 12.8. The predicted octanol–water partition coefficient (Wildman–Crippen LogP) is 2.16. The molecule has 1 N–H and O–H groups in total. The molecule has 0 aliphatic carbocycles. The second kappa shape index (κ2) is 7.10. The molecule has 6 nitrogen and oxygen atoms in total. The smallest absolute Gasteiger partial charge is 0.276 e. The van der Waals surface area contributed by atoms with Crippen LogP contribution in [0.2, 0.25) is 0 Å². The molecule has 122 valence electrons. The average molecular weight is 338 g/mol. The van der Waals surface area contributed by atoms with Gasteiger partial charge in [0.15, 0.2) is 0 Å². The standard InChI is InChI=1S/C15H15FN2O4S/c1-21-13-5-8-15(22-2)11(9-13)10-17-18-23(19,20)14-6-3-12(16)4-7-14/h3-10,18H,1-2H3/b17-10+. The van der Waals surface area contributed by atoms with E-state index < -0.39 is 15.8 Å². The Bertz CT molecular complexity index is 805. The topological polar surface area (TPSA) is 77.0 Å². The van der Waals surface area contributed by atoms with Gasteiger partial charge in [0.1, 0.15) is 17.3 Å². The molecule has 2 aromatic carbocycles. The van der Waals surface area contributed by atoms with Crippen LogP contribution in [0.25, 0.3) is 0 Å². The van der Waals surface area contributed by atoms with Crippen LogP contribution in [0.4, 0.5) is 4.39 Å². The predicted molar refractivity (Wildman–Crippen MR) is 83.9 cm³/mol. The SMILES string of the molecule is COc1ccc(OC)c(/C=N/NS(=O)(=O)c2ccc(F)cc2)c1. The van der Waals surface area contributed by atoms with Crippen LogP contribution in [0.1, 0.15) is 5.56 Å². The minimum atomic E-state index is -3.87. The highest BCUT2D eigenvalue weighted by Crippen LogP contribution is 2.22. The van der Waals surface area contributed by atoms with Crippen LogP contribution in [0.5, 0.6) is 11.5 Å². The second-order valence-electron chi connectivity index (χ2n) is 4.41. The second-order valence-corrected chi connectivity index (χ2v) is 6.08. The van der Waals surface area contributed by atoms with Gasteiger partial charge in [-0.2, -0.15) is 13.5 Å². The van der Waals surface area contributed by atoms with Gasteiger partial charge in [-0.3, -0.25) is 0 Å². The fourth-order valence-corrected chi connectivity index (χ4v) is 2.56. The molecule has 0 amide bonds. The molecule has 0 aliphatic heterocycles. The summed E-state index contributed by atoms with van der Waals surface area (Å²) in [7, 11) is -0.867. The summed E-state index contributed by atoms with van der Waals surface area (Å²) in [5.74, 6) is 0.567. The lowest BCUT2D eigenvalue weighted by Crippen LogP contribution is -2.18. The number of benzene rings is 2. The van der Waals surface area contributed by atoms with Gasteiger partial charge in [-0.15, -0.1) is 0 Å². The summed E-state index contributed by atoms with van der Waals surface area (Å²) in [6.07, 6.45) is 1.29. The number of hydrogen-bond acceptors (Lipinski definition) is 5. The number of hydrogen-bond donors (Lipinski definition) is 1. The van der Waals surface area contributed by atoms with Crippen LogP contribution in [-0.4, -0.2) is 28.9 Å². The van der Waals surface area contributed by atoms with E-state index in [0.717, 1.165) is 24.3 Å². The molecular formula is C15H15FN2O4S. The zero-order valence-corrected chi connectivity index (χ0v) is 13.3. The zero-order chi connectivity index (χ0) is 16.9. The molecule has 2 rings (SSSR count). The Labute approximate surface area is 133 Å². The summed E-state index contributed by atoms with van der Waals surface area (Å²) in [4.78, 5) is 1.97. The van der Waals surface area contributed by atoms with E-state index in [1.165, 1.54) is 20.4 Å². The van der Waals surface area contributed by atoms with Crippen LogP contribution in [0, 0.1) is 5.82 Å². The first-order valence-corrected chi connectivity index (χ1v) is 7.97. The molecular weight excluding hydrogens is 323 g/mol. The molecule has 0 fully saturated rings. The van der Waals surface area contributed by atoms with Crippen molar-refractivity contribution in [1.82, 2.24) is 4.83 Å². The molecule has 0 saturated heterocycles. The highest BCUT2D eigenvalue weighted by atomic mass is 32.2. The third-order valence-electron chi connectivity index (χ3n) is 2.94. The molecule has 0 atom stereocenters. The third kappa shape index (κ3) is 4.19. The molecule has 0 heterocycles. The lowest BCUT2D eigenvalue weighted by molar-refractivity contribution is 0.402. The van der Waals surface area contributed by atoms with Gasteiger partial charge in [-0.25, -0.2) is 9.22 Å². The quantitative estimate of drug-likeness (QED) is 0.647. The highest BCUT2D eigenvalue weighted by molar-refractivity contribution is 7.89. The van der Waals surface area contributed by atoms with Crippen molar-refractivity contribution in [2.45, 2.75) is 4.90 Å². The number of nitrogens with zero attached hydrogens (tertiary/aromatic N) is 1. The van der Waals surface area contributed by atoms with E-state index in [0.29, 0.717) is 17.1 Å². The largest absolute Gasteiger partial charge is 0.497 e. The van der Waals surface area contributed by atoms with Crippen molar-refractivity contribution in [2.24, 2.45) is 5.10 Å². The van der Waals surface area contributed by atoms with Gasteiger partial charge in [-0.1, -0.05) is 0 Å². The summed E-state index contributed by atoms with van der Waals surface area (Å²) in [5.41, 5.74) is 0.536. The van der Waals surface area contributed by atoms with Crippen molar-refractivity contribution in [3.63, 3.8) is 0 Å². The van der Waals surface area contributed by atoms with E-state index in [4.69, 9.17) is 9.47 Å². The molecule has 0 radical (unpaired) electrons. The molecule has 0 aromatic heterocycles. The molecule has 0 bridgehead atoms. The van der Waals surface area contributed by atoms with Gasteiger partial charge in [0.25, 0.3) is 10.0 Å².